The zero-order chi connectivity index (χ0) is 13.2. The Morgan fingerprint density at radius 3 is 2.33 bits per heavy atom. The van der Waals surface area contributed by atoms with Gasteiger partial charge in [-0.2, -0.15) is 0 Å². The molecule has 1 nitrogen and oxygen atoms in total. The monoisotopic (exact) mass is 238 g/mol. The van der Waals surface area contributed by atoms with Gasteiger partial charge in [0, 0.05) is 5.41 Å². The average molecular weight is 238 g/mol. The second-order valence-electron chi connectivity index (χ2n) is 5.55. The van der Waals surface area contributed by atoms with E-state index in [1.165, 1.54) is 10.8 Å². The number of carbonyl (C=O) groups excluding carboxylic acids is 1. The van der Waals surface area contributed by atoms with Crippen LogP contribution in [0.3, 0.4) is 0 Å². The zero-order valence-electron chi connectivity index (χ0n) is 11.1. The number of ketones is 1. The van der Waals surface area contributed by atoms with Gasteiger partial charge in [-0.15, -0.1) is 0 Å². The molecule has 0 amide bonds. The lowest BCUT2D eigenvalue weighted by molar-refractivity contribution is -0.121. The molecule has 2 aromatic rings. The molecule has 0 aliphatic heterocycles. The summed E-state index contributed by atoms with van der Waals surface area (Å²) in [5, 5.41) is 2.42. The normalized spacial score (nSPS) is 12.2. The van der Waals surface area contributed by atoms with E-state index in [1.807, 2.05) is 45.0 Å². The van der Waals surface area contributed by atoms with Crippen molar-refractivity contribution < 1.29 is 4.79 Å². The Hall–Kier alpha value is -1.89. The molecule has 92 valence electrons. The number of benzene rings is 2. The fourth-order valence-corrected chi connectivity index (χ4v) is 1.73. The quantitative estimate of drug-likeness (QED) is 0.705. The van der Waals surface area contributed by atoms with Crippen LogP contribution in [0.5, 0.6) is 0 Å². The minimum Gasteiger partial charge on any atom is -0.294 e. The summed E-state index contributed by atoms with van der Waals surface area (Å²) >= 11 is 0. The molecule has 1 heteroatoms. The van der Waals surface area contributed by atoms with Gasteiger partial charge in [0.2, 0.25) is 0 Å². The summed E-state index contributed by atoms with van der Waals surface area (Å²) < 4.78 is 0. The minimum absolute atomic E-state index is 0.149. The van der Waals surface area contributed by atoms with Crippen molar-refractivity contribution >= 4 is 22.6 Å². The first kappa shape index (κ1) is 12.6. The van der Waals surface area contributed by atoms with Gasteiger partial charge in [0.15, 0.2) is 5.78 Å². The molecular weight excluding hydrogens is 220 g/mol. The van der Waals surface area contributed by atoms with E-state index < -0.39 is 0 Å². The number of carbonyl (C=O) groups is 1. The highest BCUT2D eigenvalue weighted by Crippen LogP contribution is 2.19. The van der Waals surface area contributed by atoms with Crippen LogP contribution in [-0.4, -0.2) is 5.78 Å². The standard InChI is InChI=1S/C17H18O/c1-17(2,3)16(18)11-9-13-8-10-14-6-4-5-7-15(14)12-13/h4-12H,1-3H3/b11-9+. The van der Waals surface area contributed by atoms with E-state index in [0.717, 1.165) is 5.56 Å². The molecule has 2 rings (SSSR count). The second-order valence-corrected chi connectivity index (χ2v) is 5.55. The van der Waals surface area contributed by atoms with Crippen LogP contribution < -0.4 is 0 Å². The third kappa shape index (κ3) is 2.86. The van der Waals surface area contributed by atoms with Gasteiger partial charge in [0.1, 0.15) is 0 Å². The van der Waals surface area contributed by atoms with Crippen molar-refractivity contribution in [3.8, 4) is 0 Å². The van der Waals surface area contributed by atoms with E-state index in [9.17, 15) is 4.79 Å². The molecule has 18 heavy (non-hydrogen) atoms. The highest BCUT2D eigenvalue weighted by atomic mass is 16.1. The number of hydrogen-bond donors (Lipinski definition) is 0. The van der Waals surface area contributed by atoms with Gasteiger partial charge in [0.25, 0.3) is 0 Å². The van der Waals surface area contributed by atoms with Gasteiger partial charge in [-0.05, 0) is 28.5 Å². The zero-order valence-corrected chi connectivity index (χ0v) is 11.1. The fourth-order valence-electron chi connectivity index (χ4n) is 1.73. The summed E-state index contributed by atoms with van der Waals surface area (Å²) in [6, 6.07) is 14.4. The Morgan fingerprint density at radius 1 is 1.00 bits per heavy atom. The summed E-state index contributed by atoms with van der Waals surface area (Å²) in [6.45, 7) is 5.79. The van der Waals surface area contributed by atoms with Crippen molar-refractivity contribution in [2.24, 2.45) is 5.41 Å². The molecule has 0 aromatic heterocycles. The first-order valence-electron chi connectivity index (χ1n) is 6.18. The summed E-state index contributed by atoms with van der Waals surface area (Å²) in [4.78, 5) is 11.8. The van der Waals surface area contributed by atoms with E-state index in [2.05, 4.69) is 24.3 Å². The third-order valence-electron chi connectivity index (χ3n) is 2.94. The first-order chi connectivity index (χ1) is 8.47. The molecule has 2 aromatic carbocycles. The van der Waals surface area contributed by atoms with Gasteiger partial charge in [-0.3, -0.25) is 4.79 Å². The largest absolute Gasteiger partial charge is 0.294 e. The molecule has 0 aliphatic carbocycles. The van der Waals surface area contributed by atoms with E-state index in [1.54, 1.807) is 6.08 Å². The smallest absolute Gasteiger partial charge is 0.161 e. The van der Waals surface area contributed by atoms with Crippen LogP contribution in [0.15, 0.2) is 48.5 Å². The molecule has 0 radical (unpaired) electrons. The van der Waals surface area contributed by atoms with Crippen LogP contribution in [0.4, 0.5) is 0 Å². The predicted octanol–water partition coefficient (Wildman–Crippen LogP) is 4.47. The predicted molar refractivity (Wildman–Crippen MR) is 77.4 cm³/mol. The number of rotatable bonds is 2. The lowest BCUT2D eigenvalue weighted by Crippen LogP contribution is -2.17. The highest BCUT2D eigenvalue weighted by molar-refractivity contribution is 5.97. The molecule has 0 bridgehead atoms. The maximum atomic E-state index is 11.8. The van der Waals surface area contributed by atoms with Crippen molar-refractivity contribution in [2.45, 2.75) is 20.8 Å². The Balaban J connectivity index is 2.27. The van der Waals surface area contributed by atoms with Crippen molar-refractivity contribution in [3.05, 3.63) is 54.1 Å². The van der Waals surface area contributed by atoms with Gasteiger partial charge >= 0.3 is 0 Å². The van der Waals surface area contributed by atoms with E-state index in [-0.39, 0.29) is 11.2 Å². The SMILES string of the molecule is CC(C)(C)C(=O)/C=C/c1ccc2ccccc2c1. The van der Waals surface area contributed by atoms with Crippen molar-refractivity contribution in [2.75, 3.05) is 0 Å². The lowest BCUT2D eigenvalue weighted by atomic mass is 9.90. The molecule has 0 fully saturated rings. The molecule has 0 saturated carbocycles. The van der Waals surface area contributed by atoms with Gasteiger partial charge in [-0.25, -0.2) is 0 Å². The Kier molecular flexibility index (Phi) is 3.33. The molecule has 0 N–H and O–H groups in total. The van der Waals surface area contributed by atoms with E-state index >= 15 is 0 Å². The first-order valence-corrected chi connectivity index (χ1v) is 6.18. The second kappa shape index (κ2) is 4.77. The van der Waals surface area contributed by atoms with Crippen molar-refractivity contribution in [1.82, 2.24) is 0 Å². The van der Waals surface area contributed by atoms with Crippen molar-refractivity contribution in [1.29, 1.82) is 0 Å². The van der Waals surface area contributed by atoms with Crippen molar-refractivity contribution in [3.63, 3.8) is 0 Å². The van der Waals surface area contributed by atoms with Crippen LogP contribution in [0.25, 0.3) is 16.8 Å². The summed E-state index contributed by atoms with van der Waals surface area (Å²) in [7, 11) is 0. The fraction of sp³-hybridized carbons (Fsp3) is 0.235. The summed E-state index contributed by atoms with van der Waals surface area (Å²) in [6.07, 6.45) is 3.56. The lowest BCUT2D eigenvalue weighted by Gasteiger charge is -2.12. The number of fused-ring (bicyclic) bond motifs is 1. The Bertz CT molecular complexity index is 600. The van der Waals surface area contributed by atoms with Crippen LogP contribution in [0, 0.1) is 5.41 Å². The Labute approximate surface area is 108 Å². The average Bonchev–Trinajstić information content (AvgIpc) is 2.34. The topological polar surface area (TPSA) is 17.1 Å². The minimum atomic E-state index is -0.312. The molecule has 0 saturated heterocycles. The summed E-state index contributed by atoms with van der Waals surface area (Å²) in [5.74, 6) is 0.149. The molecule has 0 atom stereocenters. The van der Waals surface area contributed by atoms with Crippen LogP contribution in [0.1, 0.15) is 26.3 Å². The van der Waals surface area contributed by atoms with Gasteiger partial charge in [0.05, 0.1) is 0 Å². The Morgan fingerprint density at radius 2 is 1.67 bits per heavy atom. The third-order valence-corrected chi connectivity index (χ3v) is 2.94. The molecule has 0 spiro atoms. The highest BCUT2D eigenvalue weighted by Gasteiger charge is 2.17. The van der Waals surface area contributed by atoms with E-state index in [0.29, 0.717) is 0 Å². The maximum Gasteiger partial charge on any atom is 0.161 e. The van der Waals surface area contributed by atoms with Crippen LogP contribution >= 0.6 is 0 Å². The summed E-state index contributed by atoms with van der Waals surface area (Å²) in [5.41, 5.74) is 0.749. The van der Waals surface area contributed by atoms with Gasteiger partial charge in [-0.1, -0.05) is 63.2 Å². The number of hydrogen-bond acceptors (Lipinski definition) is 1. The maximum absolute atomic E-state index is 11.8. The number of allylic oxidation sites excluding steroid dienone is 1. The van der Waals surface area contributed by atoms with E-state index in [4.69, 9.17) is 0 Å². The molecule has 0 heterocycles. The molecular formula is C17H18O. The van der Waals surface area contributed by atoms with Crippen LogP contribution in [-0.2, 0) is 4.79 Å². The molecule has 0 unspecified atom stereocenters. The van der Waals surface area contributed by atoms with Gasteiger partial charge < -0.3 is 0 Å². The molecule has 0 aliphatic rings. The van der Waals surface area contributed by atoms with Crippen LogP contribution in [0.2, 0.25) is 0 Å².